The first-order chi connectivity index (χ1) is 12.5. The van der Waals surface area contributed by atoms with Gasteiger partial charge in [-0.2, -0.15) is 0 Å². The normalized spacial score (nSPS) is 10.3. The van der Waals surface area contributed by atoms with E-state index >= 15 is 0 Å². The van der Waals surface area contributed by atoms with Crippen LogP contribution in [0.4, 0.5) is 5.69 Å². The summed E-state index contributed by atoms with van der Waals surface area (Å²) in [6, 6.07) is 10.1. The van der Waals surface area contributed by atoms with Gasteiger partial charge in [-0.1, -0.05) is 19.1 Å². The summed E-state index contributed by atoms with van der Waals surface area (Å²) in [6.07, 6.45) is 1.02. The molecule has 0 atom stereocenters. The summed E-state index contributed by atoms with van der Waals surface area (Å²) in [5, 5.41) is 3.39. The molecule has 5 heteroatoms. The average molecular weight is 374 g/mol. The molecule has 0 spiro atoms. The fourth-order valence-electron chi connectivity index (χ4n) is 2.82. The number of ether oxygens (including phenoxy) is 3. The quantitative estimate of drug-likeness (QED) is 0.677. The molecule has 2 aromatic rings. The van der Waals surface area contributed by atoms with Crippen LogP contribution in [0, 0.1) is 13.8 Å². The van der Waals surface area contributed by atoms with Crippen LogP contribution in [0.1, 0.15) is 36.1 Å². The van der Waals surface area contributed by atoms with Crippen molar-refractivity contribution in [1.82, 2.24) is 0 Å². The molecule has 0 aromatic heterocycles. The fraction of sp³-hybridized carbons (Fsp3) is 0.381. The highest BCUT2D eigenvalue weighted by molar-refractivity contribution is 7.80. The van der Waals surface area contributed by atoms with E-state index in [0.717, 1.165) is 34.7 Å². The van der Waals surface area contributed by atoms with Gasteiger partial charge in [0, 0.05) is 0 Å². The van der Waals surface area contributed by atoms with Crippen molar-refractivity contribution in [1.29, 1.82) is 0 Å². The Bertz CT molecular complexity index is 774. The minimum absolute atomic E-state index is 0.305. The molecule has 0 saturated carbocycles. The van der Waals surface area contributed by atoms with Gasteiger partial charge in [0.15, 0.2) is 0 Å². The van der Waals surface area contributed by atoms with Crippen LogP contribution in [0.5, 0.6) is 11.5 Å². The predicted octanol–water partition coefficient (Wildman–Crippen LogP) is 5.19. The summed E-state index contributed by atoms with van der Waals surface area (Å²) >= 11 is 5.13. The number of hydrogen-bond donors (Lipinski definition) is 1. The molecule has 26 heavy (non-hydrogen) atoms. The molecule has 0 aliphatic carbocycles. The molecule has 0 amide bonds. The Labute approximate surface area is 161 Å². The van der Waals surface area contributed by atoms with Crippen molar-refractivity contribution in [3.63, 3.8) is 0 Å². The zero-order chi connectivity index (χ0) is 19.1. The van der Waals surface area contributed by atoms with E-state index < -0.39 is 0 Å². The van der Waals surface area contributed by atoms with E-state index in [2.05, 4.69) is 38.2 Å². The molecule has 0 heterocycles. The molecule has 0 fully saturated rings. The van der Waals surface area contributed by atoms with E-state index in [1.165, 1.54) is 11.1 Å². The van der Waals surface area contributed by atoms with Crippen molar-refractivity contribution >= 4 is 23.1 Å². The van der Waals surface area contributed by atoms with Gasteiger partial charge in [-0.05, 0) is 74.3 Å². The van der Waals surface area contributed by atoms with E-state index in [-0.39, 0.29) is 0 Å². The van der Waals surface area contributed by atoms with Crippen LogP contribution < -0.4 is 14.8 Å². The third-order valence-electron chi connectivity index (χ3n) is 4.24. The number of benzene rings is 2. The maximum atomic E-state index is 6.14. The van der Waals surface area contributed by atoms with Crippen molar-refractivity contribution in [2.45, 2.75) is 40.7 Å². The van der Waals surface area contributed by atoms with E-state index in [4.69, 9.17) is 26.4 Å². The van der Waals surface area contributed by atoms with Gasteiger partial charge < -0.3 is 19.5 Å². The molecule has 0 unspecified atom stereocenters. The van der Waals surface area contributed by atoms with Crippen molar-refractivity contribution < 1.29 is 14.2 Å². The first-order valence-electron chi connectivity index (χ1n) is 8.82. The first-order valence-corrected chi connectivity index (χ1v) is 9.23. The van der Waals surface area contributed by atoms with Gasteiger partial charge in [-0.25, -0.2) is 0 Å². The molecular formula is C21H27NO3S. The van der Waals surface area contributed by atoms with Crippen molar-refractivity contribution in [2.75, 3.05) is 19.0 Å². The number of anilines is 1. The highest BCUT2D eigenvalue weighted by Crippen LogP contribution is 2.30. The molecule has 0 radical (unpaired) electrons. The lowest BCUT2D eigenvalue weighted by Gasteiger charge is -2.18. The second kappa shape index (κ2) is 9.43. The number of hydrogen-bond acceptors (Lipinski definition) is 4. The van der Waals surface area contributed by atoms with Crippen LogP contribution >= 0.6 is 12.2 Å². The van der Waals surface area contributed by atoms with Crippen LogP contribution in [-0.4, -0.2) is 18.9 Å². The molecule has 0 aliphatic rings. The van der Waals surface area contributed by atoms with Crippen LogP contribution in [0.3, 0.4) is 0 Å². The van der Waals surface area contributed by atoms with E-state index in [1.807, 2.05) is 25.1 Å². The van der Waals surface area contributed by atoms with Crippen molar-refractivity contribution in [2.24, 2.45) is 0 Å². The van der Waals surface area contributed by atoms with Crippen LogP contribution in [0.25, 0.3) is 0 Å². The monoisotopic (exact) mass is 373 g/mol. The smallest absolute Gasteiger partial charge is 0.260 e. The summed E-state index contributed by atoms with van der Waals surface area (Å²) in [6.45, 7) is 9.26. The minimum atomic E-state index is 0.305. The van der Waals surface area contributed by atoms with Gasteiger partial charge in [-0.15, -0.1) is 0 Å². The second-order valence-electron chi connectivity index (χ2n) is 6.02. The van der Waals surface area contributed by atoms with Crippen molar-refractivity contribution in [3.05, 3.63) is 52.6 Å². The molecule has 2 rings (SSSR count). The Morgan fingerprint density at radius 1 is 1.04 bits per heavy atom. The summed E-state index contributed by atoms with van der Waals surface area (Å²) in [7, 11) is 1.54. The maximum Gasteiger partial charge on any atom is 0.260 e. The number of thiocarbonyl (C=S) groups is 1. The summed E-state index contributed by atoms with van der Waals surface area (Å²) in [4.78, 5) is 0. The molecule has 4 nitrogen and oxygen atoms in total. The third kappa shape index (κ3) is 4.88. The Kier molecular flexibility index (Phi) is 7.27. The standard InChI is InChI=1S/C21H27NO3S/c1-6-16-11-15(4)20(12-14(16)3)25-13-17-18(22-21(26)23-5)9-8-10-19(17)24-7-2/h8-12H,6-7,13H2,1-5H3,(H,22,26). The highest BCUT2D eigenvalue weighted by Gasteiger charge is 2.13. The Morgan fingerprint density at radius 2 is 1.81 bits per heavy atom. The van der Waals surface area contributed by atoms with Crippen LogP contribution in [0.2, 0.25) is 0 Å². The third-order valence-corrected chi connectivity index (χ3v) is 4.51. The summed E-state index contributed by atoms with van der Waals surface area (Å²) in [5.41, 5.74) is 5.44. The fourth-order valence-corrected chi connectivity index (χ4v) is 2.93. The average Bonchev–Trinajstić information content (AvgIpc) is 2.63. The number of aryl methyl sites for hydroxylation is 3. The van der Waals surface area contributed by atoms with Gasteiger partial charge in [0.1, 0.15) is 18.1 Å². The zero-order valence-corrected chi connectivity index (χ0v) is 17.0. The Balaban J connectivity index is 2.30. The number of nitrogens with one attached hydrogen (secondary N) is 1. The predicted molar refractivity (Wildman–Crippen MR) is 110 cm³/mol. The van der Waals surface area contributed by atoms with E-state index in [0.29, 0.717) is 18.4 Å². The SMILES string of the molecule is CCOc1cccc(NC(=S)OC)c1COc1cc(C)c(CC)cc1C. The van der Waals surface area contributed by atoms with Gasteiger partial charge in [-0.3, -0.25) is 0 Å². The maximum absolute atomic E-state index is 6.14. The lowest BCUT2D eigenvalue weighted by atomic mass is 10.0. The molecule has 0 aliphatic heterocycles. The highest BCUT2D eigenvalue weighted by atomic mass is 32.1. The first kappa shape index (κ1) is 20.0. The lowest BCUT2D eigenvalue weighted by Crippen LogP contribution is -2.14. The lowest BCUT2D eigenvalue weighted by molar-refractivity contribution is 0.285. The molecule has 140 valence electrons. The molecule has 0 bridgehead atoms. The molecular weight excluding hydrogens is 346 g/mol. The van der Waals surface area contributed by atoms with Crippen molar-refractivity contribution in [3.8, 4) is 11.5 Å². The second-order valence-corrected chi connectivity index (χ2v) is 6.39. The van der Waals surface area contributed by atoms with E-state index in [9.17, 15) is 0 Å². The summed E-state index contributed by atoms with van der Waals surface area (Å²) < 4.78 is 17.0. The minimum Gasteiger partial charge on any atom is -0.493 e. The number of rotatable bonds is 7. The topological polar surface area (TPSA) is 39.7 Å². The van der Waals surface area contributed by atoms with Gasteiger partial charge in [0.05, 0.1) is 25.0 Å². The molecule has 1 N–H and O–H groups in total. The largest absolute Gasteiger partial charge is 0.493 e. The molecule has 2 aromatic carbocycles. The Hall–Kier alpha value is -2.27. The Morgan fingerprint density at radius 3 is 2.46 bits per heavy atom. The van der Waals surface area contributed by atoms with Crippen LogP contribution in [-0.2, 0) is 17.8 Å². The summed E-state index contributed by atoms with van der Waals surface area (Å²) in [5.74, 6) is 1.65. The van der Waals surface area contributed by atoms with Gasteiger partial charge in [0.2, 0.25) is 0 Å². The van der Waals surface area contributed by atoms with Gasteiger partial charge in [0.25, 0.3) is 5.17 Å². The zero-order valence-electron chi connectivity index (χ0n) is 16.1. The van der Waals surface area contributed by atoms with Crippen LogP contribution in [0.15, 0.2) is 30.3 Å². The van der Waals surface area contributed by atoms with E-state index in [1.54, 1.807) is 7.11 Å². The number of methoxy groups -OCH3 is 1. The molecule has 0 saturated heterocycles. The van der Waals surface area contributed by atoms with Gasteiger partial charge >= 0.3 is 0 Å².